The van der Waals surface area contributed by atoms with Crippen molar-refractivity contribution in [3.05, 3.63) is 69.7 Å². The number of rotatable bonds is 5. The average molecular weight is 372 g/mol. The largest absolute Gasteiger partial charge is 0.465 e. The van der Waals surface area contributed by atoms with Gasteiger partial charge >= 0.3 is 6.09 Å². The Bertz CT molecular complexity index is 1000. The minimum Gasteiger partial charge on any atom is -0.465 e. The fourth-order valence-corrected chi connectivity index (χ4v) is 3.11. The third kappa shape index (κ3) is 3.70. The van der Waals surface area contributed by atoms with Gasteiger partial charge in [0.25, 0.3) is 5.56 Å². The molecule has 2 aromatic carbocycles. The first kappa shape index (κ1) is 17.9. The fourth-order valence-electron chi connectivity index (χ4n) is 2.86. The zero-order valence-corrected chi connectivity index (χ0v) is 14.9. The van der Waals surface area contributed by atoms with Gasteiger partial charge in [0.2, 0.25) is 0 Å². The molecule has 2 N–H and O–H groups in total. The number of halogens is 1. The molecule has 0 radical (unpaired) electrons. The van der Waals surface area contributed by atoms with Crippen LogP contribution in [0.15, 0.2) is 53.3 Å². The summed E-state index contributed by atoms with van der Waals surface area (Å²) in [6, 6.07) is 14.4. The molecule has 1 amide bonds. The van der Waals surface area contributed by atoms with Crippen LogP contribution in [0.25, 0.3) is 16.6 Å². The predicted molar refractivity (Wildman–Crippen MR) is 101 cm³/mol. The molecular weight excluding hydrogens is 354 g/mol. The van der Waals surface area contributed by atoms with Crippen molar-refractivity contribution in [1.82, 2.24) is 14.9 Å². The van der Waals surface area contributed by atoms with E-state index in [9.17, 15) is 9.59 Å². The molecule has 1 atom stereocenters. The molecule has 7 heteroatoms. The first-order valence-corrected chi connectivity index (χ1v) is 8.57. The Morgan fingerprint density at radius 3 is 2.65 bits per heavy atom. The molecular formula is C19H18ClN3O3. The lowest BCUT2D eigenvalue weighted by molar-refractivity contribution is 0.192. The van der Waals surface area contributed by atoms with Crippen LogP contribution in [0.5, 0.6) is 0 Å². The number of nitrogens with zero attached hydrogens (tertiary/aromatic N) is 2. The van der Waals surface area contributed by atoms with Crippen molar-refractivity contribution >= 4 is 28.6 Å². The van der Waals surface area contributed by atoms with Crippen molar-refractivity contribution in [2.24, 2.45) is 5.92 Å². The number of aromatic nitrogens is 2. The molecule has 6 nitrogen and oxygen atoms in total. The normalized spacial score (nSPS) is 12.1. The highest BCUT2D eigenvalue weighted by atomic mass is 35.5. The fraction of sp³-hybridized carbons (Fsp3) is 0.211. The minimum absolute atomic E-state index is 0.0374. The second-order valence-electron chi connectivity index (χ2n) is 6.13. The lowest BCUT2D eigenvalue weighted by Gasteiger charge is -2.17. The van der Waals surface area contributed by atoms with Gasteiger partial charge in [0.1, 0.15) is 5.82 Å². The molecule has 0 saturated carbocycles. The Kier molecular flexibility index (Phi) is 5.23. The lowest BCUT2D eigenvalue weighted by Crippen LogP contribution is -2.30. The van der Waals surface area contributed by atoms with E-state index in [1.807, 2.05) is 37.3 Å². The zero-order chi connectivity index (χ0) is 18.7. The molecule has 0 fully saturated rings. The number of nitrogens with one attached hydrogen (secondary N) is 1. The van der Waals surface area contributed by atoms with E-state index in [4.69, 9.17) is 16.7 Å². The summed E-state index contributed by atoms with van der Waals surface area (Å²) >= 11 is 6.24. The number of fused-ring (bicyclic) bond motifs is 1. The molecule has 1 aromatic heterocycles. The van der Waals surface area contributed by atoms with E-state index in [-0.39, 0.29) is 18.0 Å². The van der Waals surface area contributed by atoms with Gasteiger partial charge in [0.15, 0.2) is 0 Å². The zero-order valence-electron chi connectivity index (χ0n) is 14.1. The third-order valence-electron chi connectivity index (χ3n) is 4.06. The third-order valence-corrected chi connectivity index (χ3v) is 4.38. The standard InChI is InChI=1S/C19H18ClN3O3/c1-12(11-21-19(25)26)10-16-22-15-9-5-8-14(20)17(15)18(24)23(16)13-6-3-2-4-7-13/h2-9,12,21H,10-11H2,1H3,(H,25,26). The molecule has 0 aliphatic carbocycles. The predicted octanol–water partition coefficient (Wildman–Crippen LogP) is 3.49. The van der Waals surface area contributed by atoms with E-state index in [2.05, 4.69) is 10.3 Å². The van der Waals surface area contributed by atoms with Gasteiger partial charge in [0.05, 0.1) is 21.6 Å². The molecule has 3 rings (SSSR count). The maximum atomic E-state index is 13.1. The number of para-hydroxylation sites is 1. The molecule has 0 bridgehead atoms. The van der Waals surface area contributed by atoms with Crippen LogP contribution < -0.4 is 10.9 Å². The summed E-state index contributed by atoms with van der Waals surface area (Å²) in [6.07, 6.45) is -0.636. The quantitative estimate of drug-likeness (QED) is 0.719. The van der Waals surface area contributed by atoms with Crippen molar-refractivity contribution in [3.8, 4) is 5.69 Å². The Hall–Kier alpha value is -2.86. The summed E-state index contributed by atoms with van der Waals surface area (Å²) in [6.45, 7) is 2.17. The first-order chi connectivity index (χ1) is 12.5. The van der Waals surface area contributed by atoms with Crippen LogP contribution in [0, 0.1) is 5.92 Å². The SMILES string of the molecule is CC(CNC(=O)O)Cc1nc2cccc(Cl)c2c(=O)n1-c1ccccc1. The molecule has 26 heavy (non-hydrogen) atoms. The maximum absolute atomic E-state index is 13.1. The molecule has 3 aromatic rings. The molecule has 1 unspecified atom stereocenters. The van der Waals surface area contributed by atoms with Crippen LogP contribution >= 0.6 is 11.6 Å². The topological polar surface area (TPSA) is 84.2 Å². The second kappa shape index (κ2) is 7.58. The lowest BCUT2D eigenvalue weighted by atomic mass is 10.1. The number of hydrogen-bond acceptors (Lipinski definition) is 3. The first-order valence-electron chi connectivity index (χ1n) is 8.19. The Labute approximate surface area is 155 Å². The second-order valence-corrected chi connectivity index (χ2v) is 6.54. The van der Waals surface area contributed by atoms with Gasteiger partial charge < -0.3 is 10.4 Å². The summed E-state index contributed by atoms with van der Waals surface area (Å²) in [5, 5.41) is 11.9. The van der Waals surface area contributed by atoms with E-state index < -0.39 is 6.09 Å². The highest BCUT2D eigenvalue weighted by Gasteiger charge is 2.17. The summed E-state index contributed by atoms with van der Waals surface area (Å²) in [4.78, 5) is 28.5. The van der Waals surface area contributed by atoms with Crippen LogP contribution in [0.1, 0.15) is 12.7 Å². The van der Waals surface area contributed by atoms with Crippen LogP contribution in [0.4, 0.5) is 4.79 Å². The molecule has 0 spiro atoms. The summed E-state index contributed by atoms with van der Waals surface area (Å²) in [5.41, 5.74) is 0.989. The summed E-state index contributed by atoms with van der Waals surface area (Å²) < 4.78 is 1.55. The van der Waals surface area contributed by atoms with Gasteiger partial charge in [-0.15, -0.1) is 0 Å². The molecule has 134 valence electrons. The van der Waals surface area contributed by atoms with Crippen molar-refractivity contribution in [2.75, 3.05) is 6.54 Å². The smallest absolute Gasteiger partial charge is 0.404 e. The van der Waals surface area contributed by atoms with Crippen molar-refractivity contribution < 1.29 is 9.90 Å². The Balaban J connectivity index is 2.14. The highest BCUT2D eigenvalue weighted by Crippen LogP contribution is 2.21. The average Bonchev–Trinajstić information content (AvgIpc) is 2.61. The van der Waals surface area contributed by atoms with Crippen molar-refractivity contribution in [1.29, 1.82) is 0 Å². The van der Waals surface area contributed by atoms with Crippen LogP contribution in [0.3, 0.4) is 0 Å². The molecule has 0 aliphatic rings. The van der Waals surface area contributed by atoms with Gasteiger partial charge in [-0.25, -0.2) is 9.78 Å². The molecule has 1 heterocycles. The van der Waals surface area contributed by atoms with Gasteiger partial charge in [0, 0.05) is 13.0 Å². The summed E-state index contributed by atoms with van der Waals surface area (Å²) in [5.74, 6) is 0.528. The number of benzene rings is 2. The Morgan fingerprint density at radius 2 is 1.96 bits per heavy atom. The monoisotopic (exact) mass is 371 g/mol. The van der Waals surface area contributed by atoms with Crippen molar-refractivity contribution in [3.63, 3.8) is 0 Å². The molecule has 0 saturated heterocycles. The van der Waals surface area contributed by atoms with Gasteiger partial charge in [-0.1, -0.05) is 42.8 Å². The van der Waals surface area contributed by atoms with Gasteiger partial charge in [-0.3, -0.25) is 9.36 Å². The van der Waals surface area contributed by atoms with E-state index in [1.165, 1.54) is 0 Å². The summed E-state index contributed by atoms with van der Waals surface area (Å²) in [7, 11) is 0. The van der Waals surface area contributed by atoms with Crippen molar-refractivity contribution in [2.45, 2.75) is 13.3 Å². The van der Waals surface area contributed by atoms with Gasteiger partial charge in [-0.05, 0) is 30.2 Å². The van der Waals surface area contributed by atoms with Crippen LogP contribution in [0.2, 0.25) is 5.02 Å². The van der Waals surface area contributed by atoms with E-state index in [0.717, 1.165) is 0 Å². The van der Waals surface area contributed by atoms with Crippen LogP contribution in [-0.2, 0) is 6.42 Å². The number of hydrogen-bond donors (Lipinski definition) is 2. The van der Waals surface area contributed by atoms with E-state index in [1.54, 1.807) is 22.8 Å². The maximum Gasteiger partial charge on any atom is 0.404 e. The number of carbonyl (C=O) groups is 1. The number of carboxylic acid groups (broad SMARTS) is 1. The number of amides is 1. The van der Waals surface area contributed by atoms with Crippen LogP contribution in [-0.4, -0.2) is 27.3 Å². The van der Waals surface area contributed by atoms with Gasteiger partial charge in [-0.2, -0.15) is 0 Å². The Morgan fingerprint density at radius 1 is 1.23 bits per heavy atom. The minimum atomic E-state index is -1.07. The molecule has 0 aliphatic heterocycles. The highest BCUT2D eigenvalue weighted by molar-refractivity contribution is 6.35. The van der Waals surface area contributed by atoms with E-state index >= 15 is 0 Å². The van der Waals surface area contributed by atoms with E-state index in [0.29, 0.717) is 33.9 Å².